The van der Waals surface area contributed by atoms with Crippen molar-refractivity contribution in [3.63, 3.8) is 0 Å². The summed E-state index contributed by atoms with van der Waals surface area (Å²) in [6, 6.07) is 8.57. The molecule has 0 unspecified atom stereocenters. The molecule has 0 radical (unpaired) electrons. The number of aromatic nitrogens is 2. The van der Waals surface area contributed by atoms with Crippen LogP contribution in [-0.4, -0.2) is 16.8 Å². The summed E-state index contributed by atoms with van der Waals surface area (Å²) in [5.41, 5.74) is 4.80. The normalized spacial score (nSPS) is 10.6. The topological polar surface area (TPSA) is 29.9 Å². The van der Waals surface area contributed by atoms with Gasteiger partial charge in [0.1, 0.15) is 5.82 Å². The first kappa shape index (κ1) is 11.7. The lowest BCUT2D eigenvalue weighted by Gasteiger charge is -2.03. The van der Waals surface area contributed by atoms with Gasteiger partial charge in [-0.1, -0.05) is 23.8 Å². The van der Waals surface area contributed by atoms with Crippen LogP contribution in [0.3, 0.4) is 0 Å². The summed E-state index contributed by atoms with van der Waals surface area (Å²) in [5.74, 6) is 1.06. The van der Waals surface area contributed by atoms with Crippen molar-refractivity contribution in [3.8, 4) is 11.3 Å². The van der Waals surface area contributed by atoms with Gasteiger partial charge in [-0.25, -0.2) is 4.68 Å². The van der Waals surface area contributed by atoms with Crippen LogP contribution in [0.25, 0.3) is 11.3 Å². The summed E-state index contributed by atoms with van der Waals surface area (Å²) in [7, 11) is 1.93. The summed E-state index contributed by atoms with van der Waals surface area (Å²) in [6.45, 7) is 7.22. The van der Waals surface area contributed by atoms with Gasteiger partial charge in [0.15, 0.2) is 0 Å². The summed E-state index contributed by atoms with van der Waals surface area (Å²) in [4.78, 5) is 0. The molecule has 1 N–H and O–H groups in total. The van der Waals surface area contributed by atoms with E-state index < -0.39 is 0 Å². The standard InChI is InChI=1S/C14H19N3/c1-5-17-14(15-4)9-13(16-17)12-7-6-10(2)8-11(12)3/h6-9,15H,5H2,1-4H3. The Morgan fingerprint density at radius 2 is 2.00 bits per heavy atom. The summed E-state index contributed by atoms with van der Waals surface area (Å²) < 4.78 is 1.98. The van der Waals surface area contributed by atoms with Crippen LogP contribution in [-0.2, 0) is 6.54 Å². The monoisotopic (exact) mass is 229 g/mol. The van der Waals surface area contributed by atoms with E-state index in [0.717, 1.165) is 18.1 Å². The zero-order chi connectivity index (χ0) is 12.4. The van der Waals surface area contributed by atoms with Crippen LogP contribution < -0.4 is 5.32 Å². The van der Waals surface area contributed by atoms with Crippen molar-refractivity contribution >= 4 is 5.82 Å². The number of nitrogens with zero attached hydrogens (tertiary/aromatic N) is 2. The molecule has 3 heteroatoms. The van der Waals surface area contributed by atoms with Crippen LogP contribution in [0.4, 0.5) is 5.82 Å². The Morgan fingerprint density at radius 1 is 1.24 bits per heavy atom. The van der Waals surface area contributed by atoms with E-state index in [0.29, 0.717) is 0 Å². The van der Waals surface area contributed by atoms with Crippen LogP contribution in [0.1, 0.15) is 18.1 Å². The zero-order valence-corrected chi connectivity index (χ0v) is 10.9. The van der Waals surface area contributed by atoms with E-state index in [1.807, 2.05) is 11.7 Å². The van der Waals surface area contributed by atoms with Gasteiger partial charge in [-0.2, -0.15) is 5.10 Å². The molecule has 0 aliphatic carbocycles. The average Bonchev–Trinajstić information content (AvgIpc) is 2.72. The van der Waals surface area contributed by atoms with Gasteiger partial charge in [-0.05, 0) is 26.3 Å². The van der Waals surface area contributed by atoms with Crippen LogP contribution in [0, 0.1) is 13.8 Å². The summed E-state index contributed by atoms with van der Waals surface area (Å²) >= 11 is 0. The average molecular weight is 229 g/mol. The maximum Gasteiger partial charge on any atom is 0.124 e. The molecule has 2 aromatic rings. The molecule has 0 amide bonds. The molecule has 2 rings (SSSR count). The summed E-state index contributed by atoms with van der Waals surface area (Å²) in [5, 5.41) is 7.78. The largest absolute Gasteiger partial charge is 0.373 e. The lowest BCUT2D eigenvalue weighted by atomic mass is 10.0. The highest BCUT2D eigenvalue weighted by Crippen LogP contribution is 2.25. The molecule has 0 saturated heterocycles. The van der Waals surface area contributed by atoms with Crippen LogP contribution in [0.5, 0.6) is 0 Å². The van der Waals surface area contributed by atoms with Gasteiger partial charge >= 0.3 is 0 Å². The van der Waals surface area contributed by atoms with Gasteiger partial charge in [-0.15, -0.1) is 0 Å². The first-order chi connectivity index (χ1) is 8.15. The predicted octanol–water partition coefficient (Wildman–Crippen LogP) is 3.23. The maximum atomic E-state index is 4.61. The molecule has 0 aliphatic rings. The third-order valence-corrected chi connectivity index (χ3v) is 2.99. The number of benzene rings is 1. The molecule has 0 fully saturated rings. The molecule has 1 aromatic heterocycles. The fraction of sp³-hybridized carbons (Fsp3) is 0.357. The Balaban J connectivity index is 2.49. The van der Waals surface area contributed by atoms with E-state index in [1.54, 1.807) is 0 Å². The molecule has 3 nitrogen and oxygen atoms in total. The minimum atomic E-state index is 0.876. The van der Waals surface area contributed by atoms with Crippen molar-refractivity contribution in [2.24, 2.45) is 0 Å². The lowest BCUT2D eigenvalue weighted by molar-refractivity contribution is 0.669. The van der Waals surface area contributed by atoms with Gasteiger partial charge in [0.25, 0.3) is 0 Å². The molecule has 1 aromatic carbocycles. The molecule has 1 heterocycles. The molecular formula is C14H19N3. The van der Waals surface area contributed by atoms with Gasteiger partial charge in [0, 0.05) is 25.2 Å². The molecule has 0 aliphatic heterocycles. The van der Waals surface area contributed by atoms with E-state index in [9.17, 15) is 0 Å². The highest BCUT2D eigenvalue weighted by molar-refractivity contribution is 5.66. The van der Waals surface area contributed by atoms with Crippen molar-refractivity contribution in [2.45, 2.75) is 27.3 Å². The van der Waals surface area contributed by atoms with E-state index in [-0.39, 0.29) is 0 Å². The quantitative estimate of drug-likeness (QED) is 0.875. The minimum absolute atomic E-state index is 0.876. The fourth-order valence-electron chi connectivity index (χ4n) is 2.09. The van der Waals surface area contributed by atoms with E-state index >= 15 is 0 Å². The Kier molecular flexibility index (Phi) is 3.18. The van der Waals surface area contributed by atoms with Gasteiger partial charge in [0.2, 0.25) is 0 Å². The Morgan fingerprint density at radius 3 is 2.53 bits per heavy atom. The second-order valence-corrected chi connectivity index (χ2v) is 4.30. The van der Waals surface area contributed by atoms with Gasteiger partial charge in [-0.3, -0.25) is 0 Å². The molecule has 90 valence electrons. The summed E-state index contributed by atoms with van der Waals surface area (Å²) in [6.07, 6.45) is 0. The fourth-order valence-corrected chi connectivity index (χ4v) is 2.09. The van der Waals surface area contributed by atoms with Crippen LogP contribution in [0.2, 0.25) is 0 Å². The minimum Gasteiger partial charge on any atom is -0.373 e. The third-order valence-electron chi connectivity index (χ3n) is 2.99. The lowest BCUT2D eigenvalue weighted by Crippen LogP contribution is -2.02. The first-order valence-corrected chi connectivity index (χ1v) is 5.99. The van der Waals surface area contributed by atoms with Crippen molar-refractivity contribution < 1.29 is 0 Å². The second kappa shape index (κ2) is 4.62. The van der Waals surface area contributed by atoms with Crippen molar-refractivity contribution in [2.75, 3.05) is 12.4 Å². The van der Waals surface area contributed by atoms with Crippen molar-refractivity contribution in [3.05, 3.63) is 35.4 Å². The maximum absolute atomic E-state index is 4.61. The van der Waals surface area contributed by atoms with Crippen LogP contribution >= 0.6 is 0 Å². The van der Waals surface area contributed by atoms with Crippen molar-refractivity contribution in [1.82, 2.24) is 9.78 Å². The first-order valence-electron chi connectivity index (χ1n) is 5.99. The van der Waals surface area contributed by atoms with Crippen LogP contribution in [0.15, 0.2) is 24.3 Å². The molecular weight excluding hydrogens is 210 g/mol. The molecule has 0 atom stereocenters. The number of nitrogens with one attached hydrogen (secondary N) is 1. The highest BCUT2D eigenvalue weighted by atomic mass is 15.3. The van der Waals surface area contributed by atoms with E-state index in [2.05, 4.69) is 55.5 Å². The highest BCUT2D eigenvalue weighted by Gasteiger charge is 2.09. The Bertz CT molecular complexity index is 505. The smallest absolute Gasteiger partial charge is 0.124 e. The molecule has 0 spiro atoms. The Hall–Kier alpha value is -1.77. The number of hydrogen-bond donors (Lipinski definition) is 1. The van der Waals surface area contributed by atoms with E-state index in [4.69, 9.17) is 0 Å². The second-order valence-electron chi connectivity index (χ2n) is 4.30. The predicted molar refractivity (Wildman–Crippen MR) is 72.4 cm³/mol. The molecule has 17 heavy (non-hydrogen) atoms. The van der Waals surface area contributed by atoms with E-state index in [1.165, 1.54) is 16.7 Å². The number of hydrogen-bond acceptors (Lipinski definition) is 2. The van der Waals surface area contributed by atoms with Gasteiger partial charge in [0.05, 0.1) is 5.69 Å². The van der Waals surface area contributed by atoms with Gasteiger partial charge < -0.3 is 5.32 Å². The zero-order valence-electron chi connectivity index (χ0n) is 10.9. The number of aryl methyl sites for hydroxylation is 3. The molecule has 0 saturated carbocycles. The Labute approximate surface area is 102 Å². The SMILES string of the molecule is CCn1nc(-c2ccc(C)cc2C)cc1NC. The van der Waals surface area contributed by atoms with Crippen molar-refractivity contribution in [1.29, 1.82) is 0 Å². The number of rotatable bonds is 3. The number of anilines is 1. The molecule has 0 bridgehead atoms. The third kappa shape index (κ3) is 2.18.